The maximum Gasteiger partial charge on any atom is 0.278 e. The summed E-state index contributed by atoms with van der Waals surface area (Å²) in [6.07, 6.45) is 1.18. The van der Waals surface area contributed by atoms with Crippen molar-refractivity contribution in [3.63, 3.8) is 0 Å². The van der Waals surface area contributed by atoms with E-state index in [-0.39, 0.29) is 11.9 Å². The number of nitrogens with zero attached hydrogens (tertiary/aromatic N) is 2. The molecule has 1 aliphatic heterocycles. The zero-order chi connectivity index (χ0) is 13.3. The molecule has 0 saturated carbocycles. The van der Waals surface area contributed by atoms with E-state index in [4.69, 9.17) is 4.74 Å². The number of methoxy groups -OCH3 is 1. The number of aromatic hydroxyl groups is 1. The van der Waals surface area contributed by atoms with Gasteiger partial charge in [0.25, 0.3) is 5.91 Å². The molecule has 2 rings (SSSR count). The predicted octanol–water partition coefficient (Wildman–Crippen LogP) is -0.454. The Morgan fingerprint density at radius 2 is 2.22 bits per heavy atom. The van der Waals surface area contributed by atoms with Crippen molar-refractivity contribution in [2.45, 2.75) is 13.1 Å². The molecule has 1 atom stereocenters. The average Bonchev–Trinajstić information content (AvgIpc) is 2.33. The van der Waals surface area contributed by atoms with Crippen LogP contribution in [0.4, 0.5) is 0 Å². The molecule has 2 N–H and O–H groups in total. The van der Waals surface area contributed by atoms with Crippen molar-refractivity contribution in [3.05, 3.63) is 28.2 Å². The second-order valence-electron chi connectivity index (χ2n) is 4.04. The predicted molar refractivity (Wildman–Crippen MR) is 64.1 cm³/mol. The summed E-state index contributed by atoms with van der Waals surface area (Å²) in [4.78, 5) is 25.1. The first-order chi connectivity index (χ1) is 8.56. The van der Waals surface area contributed by atoms with Crippen LogP contribution in [0.25, 0.3) is 0 Å². The fourth-order valence-corrected chi connectivity index (χ4v) is 1.91. The van der Waals surface area contributed by atoms with Gasteiger partial charge in [-0.05, 0) is 6.92 Å². The molecular weight excluding hydrogens is 238 g/mol. The number of hydrogen-bond acceptors (Lipinski definition) is 5. The Hall–Kier alpha value is -2.02. The van der Waals surface area contributed by atoms with Gasteiger partial charge in [-0.25, -0.2) is 0 Å². The average molecular weight is 253 g/mol. The minimum atomic E-state index is -0.572. The van der Waals surface area contributed by atoms with E-state index in [1.165, 1.54) is 21.8 Å². The first-order valence-corrected chi connectivity index (χ1v) is 5.57. The molecule has 0 saturated heterocycles. The third kappa shape index (κ3) is 1.92. The molecule has 1 aromatic rings. The molecule has 1 aromatic heterocycles. The number of amides is 1. The number of pyridine rings is 1. The van der Waals surface area contributed by atoms with E-state index in [0.717, 1.165) is 0 Å². The Labute approximate surface area is 104 Å². The van der Waals surface area contributed by atoms with Crippen molar-refractivity contribution in [1.29, 1.82) is 0 Å². The highest BCUT2D eigenvalue weighted by atomic mass is 16.5. The van der Waals surface area contributed by atoms with E-state index in [1.807, 2.05) is 6.92 Å². The molecule has 18 heavy (non-hydrogen) atoms. The van der Waals surface area contributed by atoms with Gasteiger partial charge in [0.05, 0.1) is 6.61 Å². The summed E-state index contributed by atoms with van der Waals surface area (Å²) in [5, 5.41) is 9.69. The molecule has 2 heterocycles. The minimum Gasteiger partial charge on any atom is -0.502 e. The smallest absolute Gasteiger partial charge is 0.278 e. The van der Waals surface area contributed by atoms with Crippen LogP contribution in [0.3, 0.4) is 0 Å². The van der Waals surface area contributed by atoms with Crippen LogP contribution in [0.5, 0.6) is 5.75 Å². The number of carbonyl (C=O) groups is 1. The van der Waals surface area contributed by atoms with Crippen molar-refractivity contribution in [3.8, 4) is 5.75 Å². The molecule has 0 aromatic carbocycles. The number of aromatic nitrogens is 1. The van der Waals surface area contributed by atoms with Gasteiger partial charge < -0.3 is 20.2 Å². The topological polar surface area (TPSA) is 83.8 Å². The highest BCUT2D eigenvalue weighted by Gasteiger charge is 2.31. The molecule has 1 amide bonds. The van der Waals surface area contributed by atoms with Gasteiger partial charge in [0, 0.05) is 25.9 Å². The standard InChI is InChI=1S/C11H15N3O4/c1-7-12-14-4-3-8(15)10(16)9(14)11(17)13(7)5-6-18-2/h3-4,7,12,16H,5-6H2,1-2H3/t7-/m0/s1. The monoisotopic (exact) mass is 253 g/mol. The summed E-state index contributed by atoms with van der Waals surface area (Å²) in [5.74, 6) is -0.933. The fraction of sp³-hybridized carbons (Fsp3) is 0.455. The van der Waals surface area contributed by atoms with Crippen LogP contribution in [-0.2, 0) is 4.74 Å². The molecule has 0 fully saturated rings. The lowest BCUT2D eigenvalue weighted by molar-refractivity contribution is 0.0577. The first-order valence-electron chi connectivity index (χ1n) is 5.57. The summed E-state index contributed by atoms with van der Waals surface area (Å²) in [6.45, 7) is 2.58. The Kier molecular flexibility index (Phi) is 3.24. The van der Waals surface area contributed by atoms with Crippen LogP contribution in [0.1, 0.15) is 17.4 Å². The van der Waals surface area contributed by atoms with Crippen LogP contribution in [0.2, 0.25) is 0 Å². The number of rotatable bonds is 3. The van der Waals surface area contributed by atoms with E-state index in [0.29, 0.717) is 13.2 Å². The Morgan fingerprint density at radius 1 is 1.50 bits per heavy atom. The second kappa shape index (κ2) is 4.69. The molecule has 1 aliphatic rings. The first kappa shape index (κ1) is 12.4. The third-order valence-electron chi connectivity index (χ3n) is 2.87. The van der Waals surface area contributed by atoms with Crippen molar-refractivity contribution in [2.75, 3.05) is 25.7 Å². The lowest BCUT2D eigenvalue weighted by Crippen LogP contribution is -2.53. The van der Waals surface area contributed by atoms with Crippen LogP contribution < -0.4 is 10.9 Å². The number of hydrogen-bond donors (Lipinski definition) is 2. The lowest BCUT2D eigenvalue weighted by atomic mass is 10.2. The van der Waals surface area contributed by atoms with E-state index in [9.17, 15) is 14.7 Å². The molecule has 0 radical (unpaired) electrons. The Balaban J connectivity index is 2.41. The molecule has 0 aliphatic carbocycles. The van der Waals surface area contributed by atoms with E-state index >= 15 is 0 Å². The fourth-order valence-electron chi connectivity index (χ4n) is 1.91. The van der Waals surface area contributed by atoms with E-state index < -0.39 is 17.1 Å². The summed E-state index contributed by atoms with van der Waals surface area (Å²) < 4.78 is 6.30. The largest absolute Gasteiger partial charge is 0.502 e. The molecule has 7 nitrogen and oxygen atoms in total. The third-order valence-corrected chi connectivity index (χ3v) is 2.87. The second-order valence-corrected chi connectivity index (χ2v) is 4.04. The molecule has 0 unspecified atom stereocenters. The maximum absolute atomic E-state index is 12.2. The van der Waals surface area contributed by atoms with Gasteiger partial charge in [-0.1, -0.05) is 0 Å². The summed E-state index contributed by atoms with van der Waals surface area (Å²) in [7, 11) is 1.54. The zero-order valence-corrected chi connectivity index (χ0v) is 10.2. The SMILES string of the molecule is COCCN1C(=O)c2c(O)c(=O)ccn2N[C@@H]1C. The maximum atomic E-state index is 12.2. The number of ether oxygens (including phenoxy) is 1. The van der Waals surface area contributed by atoms with Crippen molar-refractivity contribution in [2.24, 2.45) is 0 Å². The summed E-state index contributed by atoms with van der Waals surface area (Å²) in [5.41, 5.74) is 2.37. The van der Waals surface area contributed by atoms with Crippen molar-refractivity contribution < 1.29 is 14.6 Å². The normalized spacial score (nSPS) is 18.4. The number of nitrogens with one attached hydrogen (secondary N) is 1. The quantitative estimate of drug-likeness (QED) is 0.762. The Morgan fingerprint density at radius 3 is 2.89 bits per heavy atom. The van der Waals surface area contributed by atoms with Crippen molar-refractivity contribution in [1.82, 2.24) is 9.58 Å². The summed E-state index contributed by atoms with van der Waals surface area (Å²) >= 11 is 0. The van der Waals surface area contributed by atoms with Gasteiger partial charge in [0.15, 0.2) is 11.4 Å². The molecule has 7 heteroatoms. The molecular formula is C11H15N3O4. The van der Waals surface area contributed by atoms with Gasteiger partial charge in [0.1, 0.15) is 6.17 Å². The van der Waals surface area contributed by atoms with Gasteiger partial charge in [0.2, 0.25) is 5.43 Å². The molecule has 98 valence electrons. The molecule has 0 bridgehead atoms. The number of carbonyl (C=O) groups excluding carboxylic acids is 1. The van der Waals surface area contributed by atoms with Gasteiger partial charge >= 0.3 is 0 Å². The van der Waals surface area contributed by atoms with Crippen LogP contribution in [0, 0.1) is 0 Å². The minimum absolute atomic E-state index is 0.0447. The van der Waals surface area contributed by atoms with Crippen LogP contribution in [0.15, 0.2) is 17.1 Å². The Bertz CT molecular complexity index is 526. The molecule has 0 spiro atoms. The lowest BCUT2D eigenvalue weighted by Gasteiger charge is -2.36. The van der Waals surface area contributed by atoms with Crippen LogP contribution in [-0.4, -0.2) is 47.0 Å². The zero-order valence-electron chi connectivity index (χ0n) is 10.2. The van der Waals surface area contributed by atoms with Gasteiger partial charge in [-0.15, -0.1) is 0 Å². The van der Waals surface area contributed by atoms with Gasteiger partial charge in [-0.3, -0.25) is 14.3 Å². The summed E-state index contributed by atoms with van der Waals surface area (Å²) in [6, 6.07) is 1.21. The highest BCUT2D eigenvalue weighted by molar-refractivity contribution is 5.96. The van der Waals surface area contributed by atoms with E-state index in [1.54, 1.807) is 7.11 Å². The van der Waals surface area contributed by atoms with Crippen molar-refractivity contribution >= 4 is 5.91 Å². The van der Waals surface area contributed by atoms with E-state index in [2.05, 4.69) is 5.43 Å². The van der Waals surface area contributed by atoms with Crippen LogP contribution >= 0.6 is 0 Å². The highest BCUT2D eigenvalue weighted by Crippen LogP contribution is 2.19. The number of fused-ring (bicyclic) bond motifs is 1. The van der Waals surface area contributed by atoms with Gasteiger partial charge in [-0.2, -0.15) is 0 Å².